The number of rotatable bonds is 4. The fraction of sp³-hybridized carbons (Fsp3) is 0.286. The molecular formula is C14H16N2O3. The minimum Gasteiger partial charge on any atom is -0.395 e. The van der Waals surface area contributed by atoms with Crippen molar-refractivity contribution < 1.29 is 14.7 Å². The monoisotopic (exact) mass is 260 g/mol. The number of aliphatic hydroxyl groups is 1. The van der Waals surface area contributed by atoms with Gasteiger partial charge in [0.05, 0.1) is 13.2 Å². The Morgan fingerprint density at radius 1 is 1.37 bits per heavy atom. The van der Waals surface area contributed by atoms with E-state index in [0.29, 0.717) is 12.1 Å². The van der Waals surface area contributed by atoms with Gasteiger partial charge in [-0.2, -0.15) is 0 Å². The van der Waals surface area contributed by atoms with Crippen LogP contribution in [0.5, 0.6) is 0 Å². The van der Waals surface area contributed by atoms with Gasteiger partial charge in [-0.15, -0.1) is 0 Å². The standard InChI is InChI=1S/C14H16N2O3/c1-11(18)15-10-14(19)16-13-7-4-6-12(9-13)5-2-3-8-17/h4,6-7,9,17H,3,8,10H2,1H3,(H,15,18)(H,16,19). The largest absolute Gasteiger partial charge is 0.395 e. The lowest BCUT2D eigenvalue weighted by molar-refractivity contribution is -0.122. The first-order chi connectivity index (χ1) is 9.11. The van der Waals surface area contributed by atoms with Gasteiger partial charge in [0, 0.05) is 24.6 Å². The number of benzene rings is 1. The zero-order valence-corrected chi connectivity index (χ0v) is 10.7. The molecule has 0 aromatic heterocycles. The smallest absolute Gasteiger partial charge is 0.243 e. The van der Waals surface area contributed by atoms with Gasteiger partial charge in [0.25, 0.3) is 0 Å². The maximum atomic E-state index is 11.5. The van der Waals surface area contributed by atoms with Gasteiger partial charge in [0.1, 0.15) is 0 Å². The van der Waals surface area contributed by atoms with E-state index in [1.54, 1.807) is 18.2 Å². The summed E-state index contributed by atoms with van der Waals surface area (Å²) < 4.78 is 0. The van der Waals surface area contributed by atoms with Gasteiger partial charge in [-0.25, -0.2) is 0 Å². The lowest BCUT2D eigenvalue weighted by Crippen LogP contribution is -2.31. The van der Waals surface area contributed by atoms with Gasteiger partial charge >= 0.3 is 0 Å². The molecule has 1 rings (SSSR count). The minimum atomic E-state index is -0.296. The summed E-state index contributed by atoms with van der Waals surface area (Å²) in [5.74, 6) is 5.13. The van der Waals surface area contributed by atoms with E-state index < -0.39 is 0 Å². The molecule has 1 aromatic rings. The second-order valence-electron chi connectivity index (χ2n) is 3.81. The molecule has 5 heteroatoms. The van der Waals surface area contributed by atoms with Crippen molar-refractivity contribution in [3.63, 3.8) is 0 Å². The Labute approximate surface area is 112 Å². The summed E-state index contributed by atoms with van der Waals surface area (Å²) in [4.78, 5) is 22.2. The molecule has 0 aliphatic heterocycles. The topological polar surface area (TPSA) is 78.4 Å². The van der Waals surface area contributed by atoms with Gasteiger partial charge in [-0.05, 0) is 18.2 Å². The third-order valence-corrected chi connectivity index (χ3v) is 2.11. The maximum Gasteiger partial charge on any atom is 0.243 e. The summed E-state index contributed by atoms with van der Waals surface area (Å²) in [5.41, 5.74) is 1.37. The Morgan fingerprint density at radius 3 is 2.84 bits per heavy atom. The predicted octanol–water partition coefficient (Wildman–Crippen LogP) is 0.495. The molecule has 2 amide bonds. The van der Waals surface area contributed by atoms with Crippen molar-refractivity contribution in [1.29, 1.82) is 0 Å². The van der Waals surface area contributed by atoms with Crippen molar-refractivity contribution in [3.8, 4) is 11.8 Å². The van der Waals surface area contributed by atoms with Crippen LogP contribution in [-0.4, -0.2) is 30.1 Å². The Bertz CT molecular complexity index is 515. The zero-order valence-electron chi connectivity index (χ0n) is 10.7. The molecule has 0 aliphatic rings. The highest BCUT2D eigenvalue weighted by molar-refractivity contribution is 5.94. The summed E-state index contributed by atoms with van der Waals surface area (Å²) >= 11 is 0. The minimum absolute atomic E-state index is 0.0279. The van der Waals surface area contributed by atoms with Crippen molar-refractivity contribution in [2.75, 3.05) is 18.5 Å². The van der Waals surface area contributed by atoms with Gasteiger partial charge in [-0.1, -0.05) is 17.9 Å². The van der Waals surface area contributed by atoms with Crippen LogP contribution in [0.25, 0.3) is 0 Å². The van der Waals surface area contributed by atoms with Crippen LogP contribution < -0.4 is 10.6 Å². The van der Waals surface area contributed by atoms with E-state index in [-0.39, 0.29) is 25.0 Å². The number of amides is 2. The van der Waals surface area contributed by atoms with Crippen LogP contribution >= 0.6 is 0 Å². The molecule has 0 unspecified atom stereocenters. The highest BCUT2D eigenvalue weighted by Crippen LogP contribution is 2.09. The molecule has 0 radical (unpaired) electrons. The molecule has 5 nitrogen and oxygen atoms in total. The molecule has 0 bridgehead atoms. The average Bonchev–Trinajstić information content (AvgIpc) is 2.37. The Morgan fingerprint density at radius 2 is 2.16 bits per heavy atom. The van der Waals surface area contributed by atoms with Crippen molar-refractivity contribution in [1.82, 2.24) is 5.32 Å². The molecule has 0 aliphatic carbocycles. The molecule has 1 aromatic carbocycles. The Balaban J connectivity index is 2.59. The van der Waals surface area contributed by atoms with Crippen molar-refractivity contribution >= 4 is 17.5 Å². The molecule has 19 heavy (non-hydrogen) atoms. The average molecular weight is 260 g/mol. The van der Waals surface area contributed by atoms with Gasteiger partial charge in [0.15, 0.2) is 0 Å². The first kappa shape index (κ1) is 14.7. The van der Waals surface area contributed by atoms with Gasteiger partial charge in [0.2, 0.25) is 11.8 Å². The Kier molecular flexibility index (Phi) is 6.13. The van der Waals surface area contributed by atoms with Crippen LogP contribution in [0.2, 0.25) is 0 Å². The van der Waals surface area contributed by atoms with E-state index in [0.717, 1.165) is 5.56 Å². The van der Waals surface area contributed by atoms with E-state index in [4.69, 9.17) is 5.11 Å². The predicted molar refractivity (Wildman–Crippen MR) is 72.3 cm³/mol. The molecule has 100 valence electrons. The summed E-state index contributed by atoms with van der Waals surface area (Å²) in [5, 5.41) is 13.7. The highest BCUT2D eigenvalue weighted by Gasteiger charge is 2.02. The van der Waals surface area contributed by atoms with E-state index in [9.17, 15) is 9.59 Å². The van der Waals surface area contributed by atoms with E-state index in [1.165, 1.54) is 6.92 Å². The number of hydrogen-bond donors (Lipinski definition) is 3. The number of anilines is 1. The lowest BCUT2D eigenvalue weighted by Gasteiger charge is -2.05. The maximum absolute atomic E-state index is 11.5. The summed E-state index contributed by atoms with van der Waals surface area (Å²) in [6, 6.07) is 7.06. The van der Waals surface area contributed by atoms with E-state index >= 15 is 0 Å². The third kappa shape index (κ3) is 6.24. The SMILES string of the molecule is CC(=O)NCC(=O)Nc1cccc(C#CCCO)c1. The summed E-state index contributed by atoms with van der Waals surface area (Å²) in [6.07, 6.45) is 0.416. The van der Waals surface area contributed by atoms with Crippen molar-refractivity contribution in [2.45, 2.75) is 13.3 Å². The summed E-state index contributed by atoms with van der Waals surface area (Å²) in [6.45, 7) is 1.32. The quantitative estimate of drug-likeness (QED) is 0.690. The van der Waals surface area contributed by atoms with Crippen molar-refractivity contribution in [2.24, 2.45) is 0 Å². The van der Waals surface area contributed by atoms with Crippen LogP contribution in [0.4, 0.5) is 5.69 Å². The third-order valence-electron chi connectivity index (χ3n) is 2.11. The fourth-order valence-corrected chi connectivity index (χ4v) is 1.31. The van der Waals surface area contributed by atoms with Crippen LogP contribution in [0, 0.1) is 11.8 Å². The van der Waals surface area contributed by atoms with Crippen LogP contribution in [-0.2, 0) is 9.59 Å². The first-order valence-corrected chi connectivity index (χ1v) is 5.86. The molecule has 3 N–H and O–H groups in total. The molecular weight excluding hydrogens is 244 g/mol. The highest BCUT2D eigenvalue weighted by atomic mass is 16.2. The number of aliphatic hydroxyl groups excluding tert-OH is 1. The fourth-order valence-electron chi connectivity index (χ4n) is 1.31. The van der Waals surface area contributed by atoms with Crippen molar-refractivity contribution in [3.05, 3.63) is 29.8 Å². The van der Waals surface area contributed by atoms with Gasteiger partial charge < -0.3 is 15.7 Å². The van der Waals surface area contributed by atoms with Gasteiger partial charge in [-0.3, -0.25) is 9.59 Å². The van der Waals surface area contributed by atoms with Crippen LogP contribution in [0.15, 0.2) is 24.3 Å². The molecule has 0 saturated carbocycles. The van der Waals surface area contributed by atoms with Crippen LogP contribution in [0.3, 0.4) is 0 Å². The molecule has 0 fully saturated rings. The van der Waals surface area contributed by atoms with E-state index in [2.05, 4.69) is 22.5 Å². The number of hydrogen-bond acceptors (Lipinski definition) is 3. The number of nitrogens with one attached hydrogen (secondary N) is 2. The summed E-state index contributed by atoms with van der Waals surface area (Å²) in [7, 11) is 0. The molecule has 0 atom stereocenters. The number of carbonyl (C=O) groups excluding carboxylic acids is 2. The molecule has 0 heterocycles. The second kappa shape index (κ2) is 7.90. The first-order valence-electron chi connectivity index (χ1n) is 5.86. The lowest BCUT2D eigenvalue weighted by atomic mass is 10.2. The zero-order chi connectivity index (χ0) is 14.1. The Hall–Kier alpha value is -2.32. The number of carbonyl (C=O) groups is 2. The molecule has 0 spiro atoms. The van der Waals surface area contributed by atoms with E-state index in [1.807, 2.05) is 6.07 Å². The second-order valence-corrected chi connectivity index (χ2v) is 3.81. The molecule has 0 saturated heterocycles. The normalized spacial score (nSPS) is 9.16. The van der Waals surface area contributed by atoms with Crippen LogP contribution in [0.1, 0.15) is 18.9 Å².